The Balaban J connectivity index is 1.10. The Morgan fingerprint density at radius 1 is 0.326 bits per heavy atom. The highest BCUT2D eigenvalue weighted by atomic mass is 35.5. The van der Waals surface area contributed by atoms with E-state index in [9.17, 15) is 0 Å². The highest BCUT2D eigenvalue weighted by molar-refractivity contribution is 6.28. The average Bonchev–Trinajstić information content (AvgIpc) is 3.07. The Labute approximate surface area is 254 Å². The predicted molar refractivity (Wildman–Crippen MR) is 179 cm³/mol. The van der Waals surface area contributed by atoms with Crippen molar-refractivity contribution in [2.24, 2.45) is 0 Å². The van der Waals surface area contributed by atoms with Crippen molar-refractivity contribution in [2.75, 3.05) is 0 Å². The van der Waals surface area contributed by atoms with Crippen LogP contribution in [0.25, 0.3) is 77.3 Å². The van der Waals surface area contributed by atoms with E-state index in [1.165, 1.54) is 32.7 Å². The van der Waals surface area contributed by atoms with E-state index in [0.717, 1.165) is 33.0 Å². The highest BCUT2D eigenvalue weighted by Gasteiger charge is 2.12. The summed E-state index contributed by atoms with van der Waals surface area (Å²) in [5.41, 5.74) is 6.45. The zero-order chi connectivity index (χ0) is 28.8. The first-order chi connectivity index (χ1) is 21.2. The van der Waals surface area contributed by atoms with Gasteiger partial charge in [0.15, 0.2) is 11.6 Å². The van der Waals surface area contributed by atoms with Gasteiger partial charge in [-0.2, -0.15) is 9.97 Å². The fourth-order valence-corrected chi connectivity index (χ4v) is 5.97. The van der Waals surface area contributed by atoms with Crippen LogP contribution in [0.3, 0.4) is 0 Å². The molecule has 8 rings (SSSR count). The molecule has 0 aliphatic heterocycles. The fourth-order valence-electron chi connectivity index (χ4n) is 5.81. The number of hydrogen-bond donors (Lipinski definition) is 0. The van der Waals surface area contributed by atoms with Gasteiger partial charge >= 0.3 is 0 Å². The van der Waals surface area contributed by atoms with Gasteiger partial charge < -0.3 is 0 Å². The number of halogens is 1. The van der Waals surface area contributed by atoms with E-state index in [0.29, 0.717) is 11.6 Å². The van der Waals surface area contributed by atoms with Gasteiger partial charge in [0.2, 0.25) is 5.28 Å². The van der Waals surface area contributed by atoms with Gasteiger partial charge in [-0.25, -0.2) is 4.98 Å². The Morgan fingerprint density at radius 2 is 0.814 bits per heavy atom. The smallest absolute Gasteiger partial charge is 0.208 e. The van der Waals surface area contributed by atoms with E-state index in [1.807, 2.05) is 24.3 Å². The molecule has 43 heavy (non-hydrogen) atoms. The van der Waals surface area contributed by atoms with Gasteiger partial charge in [0, 0.05) is 11.1 Å². The standard InChI is InChI=1S/C39H24ClN3/c40-39-42-37(41-38(43-39)34-19-17-31-22-29(15-16-32(31)24-34)25-6-2-1-3-7-25)28-13-10-26(11-14-28)30-20-21-36-33(23-30)18-12-27-8-4-5-9-35(27)36/h1-24H. The number of fused-ring (bicyclic) bond motifs is 4. The first-order valence-electron chi connectivity index (χ1n) is 14.2. The summed E-state index contributed by atoms with van der Waals surface area (Å²) >= 11 is 6.42. The molecule has 0 N–H and O–H groups in total. The van der Waals surface area contributed by atoms with Crippen LogP contribution >= 0.6 is 11.6 Å². The maximum absolute atomic E-state index is 6.42. The molecular formula is C39H24ClN3. The first-order valence-corrected chi connectivity index (χ1v) is 14.6. The number of rotatable bonds is 4. The minimum Gasteiger partial charge on any atom is -0.208 e. The van der Waals surface area contributed by atoms with Crippen LogP contribution in [0.15, 0.2) is 146 Å². The molecule has 1 heterocycles. The van der Waals surface area contributed by atoms with Crippen molar-refractivity contribution in [3.63, 3.8) is 0 Å². The molecule has 0 unspecified atom stereocenters. The Morgan fingerprint density at radius 3 is 1.60 bits per heavy atom. The third-order valence-corrected chi connectivity index (χ3v) is 8.20. The Kier molecular flexibility index (Phi) is 6.17. The number of hydrogen-bond acceptors (Lipinski definition) is 3. The third kappa shape index (κ3) is 4.80. The summed E-state index contributed by atoms with van der Waals surface area (Å²) in [6.07, 6.45) is 0. The van der Waals surface area contributed by atoms with Crippen LogP contribution in [0.2, 0.25) is 5.28 Å². The quantitative estimate of drug-likeness (QED) is 0.198. The van der Waals surface area contributed by atoms with E-state index in [-0.39, 0.29) is 5.28 Å². The molecule has 0 spiro atoms. The van der Waals surface area contributed by atoms with Crippen molar-refractivity contribution in [3.05, 3.63) is 151 Å². The topological polar surface area (TPSA) is 38.7 Å². The maximum atomic E-state index is 6.42. The normalized spacial score (nSPS) is 11.4. The molecule has 0 saturated heterocycles. The van der Waals surface area contributed by atoms with E-state index in [2.05, 4.69) is 131 Å². The molecule has 7 aromatic carbocycles. The summed E-state index contributed by atoms with van der Waals surface area (Å²) in [6.45, 7) is 0. The van der Waals surface area contributed by atoms with Crippen LogP contribution in [0, 0.1) is 0 Å². The van der Waals surface area contributed by atoms with Crippen molar-refractivity contribution in [3.8, 4) is 45.0 Å². The fraction of sp³-hybridized carbons (Fsp3) is 0. The minimum absolute atomic E-state index is 0.172. The molecule has 0 fully saturated rings. The SMILES string of the molecule is Clc1nc(-c2ccc(-c3ccc4c(ccc5ccccc54)c3)cc2)nc(-c2ccc3cc(-c4ccccc4)ccc3c2)n1. The molecule has 0 amide bonds. The first kappa shape index (κ1) is 25.3. The van der Waals surface area contributed by atoms with Crippen molar-refractivity contribution >= 4 is 43.9 Å². The zero-order valence-electron chi connectivity index (χ0n) is 23.1. The van der Waals surface area contributed by atoms with E-state index in [4.69, 9.17) is 16.6 Å². The summed E-state index contributed by atoms with van der Waals surface area (Å²) in [7, 11) is 0. The zero-order valence-corrected chi connectivity index (χ0v) is 23.8. The van der Waals surface area contributed by atoms with Gasteiger partial charge in [-0.15, -0.1) is 0 Å². The van der Waals surface area contributed by atoms with Gasteiger partial charge in [0.05, 0.1) is 0 Å². The maximum Gasteiger partial charge on any atom is 0.226 e. The summed E-state index contributed by atoms with van der Waals surface area (Å²) in [6, 6.07) is 51.0. The lowest BCUT2D eigenvalue weighted by molar-refractivity contribution is 1.07. The molecule has 0 saturated carbocycles. The number of aromatic nitrogens is 3. The molecule has 0 radical (unpaired) electrons. The monoisotopic (exact) mass is 569 g/mol. The molecule has 202 valence electrons. The summed E-state index contributed by atoms with van der Waals surface area (Å²) in [4.78, 5) is 13.7. The van der Waals surface area contributed by atoms with E-state index < -0.39 is 0 Å². The van der Waals surface area contributed by atoms with Gasteiger partial charge in [-0.3, -0.25) is 0 Å². The predicted octanol–water partition coefficient (Wildman–Crippen LogP) is 10.7. The second-order valence-corrected chi connectivity index (χ2v) is 11.0. The molecule has 8 aromatic rings. The Bertz CT molecular complexity index is 2290. The van der Waals surface area contributed by atoms with Crippen LogP contribution < -0.4 is 0 Å². The summed E-state index contributed by atoms with van der Waals surface area (Å²) < 4.78 is 0. The van der Waals surface area contributed by atoms with E-state index >= 15 is 0 Å². The lowest BCUT2D eigenvalue weighted by atomic mass is 9.97. The van der Waals surface area contributed by atoms with Gasteiger partial charge in [-0.1, -0.05) is 127 Å². The largest absolute Gasteiger partial charge is 0.226 e. The highest BCUT2D eigenvalue weighted by Crippen LogP contribution is 2.32. The lowest BCUT2D eigenvalue weighted by Crippen LogP contribution is -1.97. The van der Waals surface area contributed by atoms with Crippen molar-refractivity contribution in [2.45, 2.75) is 0 Å². The molecule has 4 heteroatoms. The molecular weight excluding hydrogens is 546 g/mol. The minimum atomic E-state index is 0.172. The van der Waals surface area contributed by atoms with E-state index in [1.54, 1.807) is 0 Å². The van der Waals surface area contributed by atoms with Crippen LogP contribution in [-0.2, 0) is 0 Å². The van der Waals surface area contributed by atoms with Gasteiger partial charge in [0.25, 0.3) is 0 Å². The van der Waals surface area contributed by atoms with Gasteiger partial charge in [-0.05, 0) is 84.4 Å². The van der Waals surface area contributed by atoms with Crippen LogP contribution in [0.4, 0.5) is 0 Å². The molecule has 1 aromatic heterocycles. The van der Waals surface area contributed by atoms with Gasteiger partial charge in [0.1, 0.15) is 0 Å². The molecule has 3 nitrogen and oxygen atoms in total. The van der Waals surface area contributed by atoms with Crippen LogP contribution in [0.1, 0.15) is 0 Å². The van der Waals surface area contributed by atoms with Crippen molar-refractivity contribution in [1.82, 2.24) is 15.0 Å². The number of benzene rings is 7. The summed E-state index contributed by atoms with van der Waals surface area (Å²) in [5, 5.41) is 7.45. The second-order valence-electron chi connectivity index (χ2n) is 10.7. The number of nitrogens with zero attached hydrogens (tertiary/aromatic N) is 3. The lowest BCUT2D eigenvalue weighted by Gasteiger charge is -2.09. The molecule has 0 atom stereocenters. The third-order valence-electron chi connectivity index (χ3n) is 8.04. The van der Waals surface area contributed by atoms with Crippen LogP contribution in [0.5, 0.6) is 0 Å². The second kappa shape index (κ2) is 10.5. The average molecular weight is 570 g/mol. The molecule has 0 bridgehead atoms. The van der Waals surface area contributed by atoms with Crippen molar-refractivity contribution in [1.29, 1.82) is 0 Å². The molecule has 0 aliphatic rings. The van der Waals surface area contributed by atoms with Crippen LogP contribution in [-0.4, -0.2) is 15.0 Å². The Hall–Kier alpha value is -5.38. The summed E-state index contributed by atoms with van der Waals surface area (Å²) in [5.74, 6) is 1.10. The van der Waals surface area contributed by atoms with Crippen molar-refractivity contribution < 1.29 is 0 Å². The molecule has 0 aliphatic carbocycles.